The van der Waals surface area contributed by atoms with Gasteiger partial charge in [-0.25, -0.2) is 18.9 Å². The van der Waals surface area contributed by atoms with Crippen molar-refractivity contribution in [3.8, 4) is 64.1 Å². The van der Waals surface area contributed by atoms with E-state index in [-0.39, 0.29) is 11.1 Å². The van der Waals surface area contributed by atoms with E-state index >= 15 is 8.78 Å². The summed E-state index contributed by atoms with van der Waals surface area (Å²) in [4.78, 5) is 3.00. The average Bonchev–Trinajstić information content (AvgIpc) is 3.49. The SMILES string of the molecule is [C-]#[N+]/C(C#N)=C1\C(F)=C(C#N)c2c1c(-c1cccc(OC(F)(F)F)c1)c1c(c2-c2cccc(OC(F)(F)F)c2)C(=C(C#N)C#N)C(F)=C1C#N. The van der Waals surface area contributed by atoms with Gasteiger partial charge in [-0.2, -0.15) is 21.0 Å². The van der Waals surface area contributed by atoms with Crippen LogP contribution in [0.15, 0.2) is 71.5 Å². The summed E-state index contributed by atoms with van der Waals surface area (Å²) in [5, 5.41) is 49.8. The van der Waals surface area contributed by atoms with Gasteiger partial charge in [0.2, 0.25) is 0 Å². The van der Waals surface area contributed by atoms with Crippen LogP contribution >= 0.6 is 0 Å². The highest BCUT2D eigenvalue weighted by molar-refractivity contribution is 6.20. The van der Waals surface area contributed by atoms with Crippen LogP contribution in [0.5, 0.6) is 11.5 Å². The van der Waals surface area contributed by atoms with Gasteiger partial charge < -0.3 is 9.47 Å². The first kappa shape index (κ1) is 33.9. The van der Waals surface area contributed by atoms with E-state index in [1.807, 2.05) is 0 Å². The minimum Gasteiger partial charge on any atom is -0.406 e. The molecule has 0 saturated carbocycles. The predicted octanol–water partition coefficient (Wildman–Crippen LogP) is 9.21. The lowest BCUT2D eigenvalue weighted by molar-refractivity contribution is -0.275. The van der Waals surface area contributed by atoms with Crippen molar-refractivity contribution in [1.82, 2.24) is 0 Å². The van der Waals surface area contributed by atoms with Gasteiger partial charge in [0.15, 0.2) is 5.83 Å². The molecule has 50 heavy (non-hydrogen) atoms. The number of rotatable bonds is 4. The molecule has 2 aliphatic carbocycles. The van der Waals surface area contributed by atoms with Gasteiger partial charge in [-0.3, -0.25) is 0 Å². The molecule has 0 fully saturated rings. The summed E-state index contributed by atoms with van der Waals surface area (Å²) < 4.78 is 120. The van der Waals surface area contributed by atoms with Crippen LogP contribution in [0, 0.1) is 63.2 Å². The molecule has 8 nitrogen and oxygen atoms in total. The number of ether oxygens (including phenoxy) is 2. The second-order valence-electron chi connectivity index (χ2n) is 9.92. The second kappa shape index (κ2) is 12.3. The molecule has 0 bridgehead atoms. The first-order chi connectivity index (χ1) is 23.6. The maximum absolute atomic E-state index is 16.4. The van der Waals surface area contributed by atoms with Gasteiger partial charge in [0.1, 0.15) is 47.2 Å². The highest BCUT2D eigenvalue weighted by Gasteiger charge is 2.44. The van der Waals surface area contributed by atoms with Crippen molar-refractivity contribution in [2.24, 2.45) is 0 Å². The second-order valence-corrected chi connectivity index (χ2v) is 9.92. The number of alkyl halides is 6. The van der Waals surface area contributed by atoms with Crippen molar-refractivity contribution in [2.45, 2.75) is 12.7 Å². The Kier molecular flexibility index (Phi) is 8.37. The summed E-state index contributed by atoms with van der Waals surface area (Å²) in [7, 11) is 0. The van der Waals surface area contributed by atoms with Gasteiger partial charge in [-0.05, 0) is 52.1 Å². The van der Waals surface area contributed by atoms with Crippen molar-refractivity contribution in [1.29, 1.82) is 26.3 Å². The normalized spacial score (nSPS) is 14.3. The summed E-state index contributed by atoms with van der Waals surface area (Å²) in [6, 6.07) is 14.8. The molecule has 0 spiro atoms. The standard InChI is InChI=1S/C34H8F8N6O2/c1-48-22(14-47)28-30-24(16-5-3-7-19(9-16)50-34(40,41)42)26-20(12-45)31(35)25(17(10-43)11-44)29(26)23(27(30)21(13-46)32(28)36)15-4-2-6-18(8-15)49-33(37,38)39/h2-9H/b28-22-. The molecule has 0 saturated heterocycles. The largest absolute Gasteiger partial charge is 0.573 e. The third-order valence-electron chi connectivity index (χ3n) is 7.24. The summed E-state index contributed by atoms with van der Waals surface area (Å²) in [5.74, 6) is -4.82. The fourth-order valence-corrected chi connectivity index (χ4v) is 5.65. The molecule has 5 rings (SSSR count). The molecule has 0 heterocycles. The molecule has 16 heteroatoms. The molecule has 0 N–H and O–H groups in total. The zero-order valence-electron chi connectivity index (χ0n) is 24.1. The highest BCUT2D eigenvalue weighted by Crippen LogP contribution is 2.60. The van der Waals surface area contributed by atoms with Crippen LogP contribution in [0.25, 0.3) is 49.4 Å². The lowest BCUT2D eigenvalue weighted by Crippen LogP contribution is -2.17. The fourth-order valence-electron chi connectivity index (χ4n) is 5.65. The molecular formula is C34H8F8N6O2. The third-order valence-corrected chi connectivity index (χ3v) is 7.24. The minimum atomic E-state index is -5.24. The average molecular weight is 684 g/mol. The van der Waals surface area contributed by atoms with Crippen molar-refractivity contribution < 1.29 is 44.6 Å². The molecule has 0 radical (unpaired) electrons. The zero-order chi connectivity index (χ0) is 36.7. The number of benzene rings is 3. The molecule has 0 amide bonds. The Bertz CT molecular complexity index is 2240. The van der Waals surface area contributed by atoms with Crippen LogP contribution in [0.3, 0.4) is 0 Å². The van der Waals surface area contributed by atoms with Crippen LogP contribution in [-0.4, -0.2) is 12.7 Å². The van der Waals surface area contributed by atoms with Crippen LogP contribution in [-0.2, 0) is 0 Å². The summed E-state index contributed by atoms with van der Waals surface area (Å²) in [6.45, 7) is 7.52. The van der Waals surface area contributed by atoms with E-state index in [9.17, 15) is 52.7 Å². The van der Waals surface area contributed by atoms with Crippen LogP contribution in [0.1, 0.15) is 22.3 Å². The maximum Gasteiger partial charge on any atom is 0.573 e. The van der Waals surface area contributed by atoms with E-state index in [1.54, 1.807) is 6.07 Å². The summed E-state index contributed by atoms with van der Waals surface area (Å²) in [5.41, 5.74) is -10.1. The van der Waals surface area contributed by atoms with Crippen molar-refractivity contribution in [3.05, 3.63) is 105 Å². The quantitative estimate of drug-likeness (QED) is 0.152. The summed E-state index contributed by atoms with van der Waals surface area (Å²) >= 11 is 0. The molecule has 3 aromatic rings. The number of halogens is 8. The highest BCUT2D eigenvalue weighted by atomic mass is 19.4. The van der Waals surface area contributed by atoms with Crippen molar-refractivity contribution in [3.63, 3.8) is 0 Å². The lowest BCUT2D eigenvalue weighted by Gasteiger charge is -2.23. The molecule has 3 aromatic carbocycles. The van der Waals surface area contributed by atoms with E-state index in [1.165, 1.54) is 24.3 Å². The van der Waals surface area contributed by atoms with Gasteiger partial charge in [0.25, 0.3) is 5.70 Å². The van der Waals surface area contributed by atoms with Crippen molar-refractivity contribution in [2.75, 3.05) is 0 Å². The molecule has 0 aliphatic heterocycles. The van der Waals surface area contributed by atoms with Gasteiger partial charge in [-0.15, -0.1) is 26.3 Å². The van der Waals surface area contributed by atoms with Crippen LogP contribution < -0.4 is 9.47 Å². The van der Waals surface area contributed by atoms with Gasteiger partial charge in [0, 0.05) is 27.8 Å². The number of allylic oxidation sites excluding steroid dienone is 8. The summed E-state index contributed by atoms with van der Waals surface area (Å²) in [6.07, 6.45) is -10.5. The predicted molar refractivity (Wildman–Crippen MR) is 155 cm³/mol. The Hall–Kier alpha value is -7.40. The molecule has 242 valence electrons. The number of nitrogens with zero attached hydrogens (tertiary/aromatic N) is 6. The van der Waals surface area contributed by atoms with E-state index in [0.29, 0.717) is 0 Å². The maximum atomic E-state index is 16.4. The Morgan fingerprint density at radius 3 is 1.38 bits per heavy atom. The third kappa shape index (κ3) is 5.60. The van der Waals surface area contributed by atoms with E-state index in [2.05, 4.69) is 14.3 Å². The fraction of sp³-hybridized carbons (Fsp3) is 0.0588. The minimum absolute atomic E-state index is 0.385. The van der Waals surface area contributed by atoms with Crippen LogP contribution in [0.2, 0.25) is 0 Å². The molecule has 0 atom stereocenters. The molecule has 2 aliphatic rings. The number of fused-ring (bicyclic) bond motifs is 2. The number of nitriles is 5. The van der Waals surface area contributed by atoms with Gasteiger partial charge >= 0.3 is 12.7 Å². The molecular weight excluding hydrogens is 676 g/mol. The molecule has 0 unspecified atom stereocenters. The van der Waals surface area contributed by atoms with Crippen molar-refractivity contribution >= 4 is 22.3 Å². The lowest BCUT2D eigenvalue weighted by atomic mass is 9.78. The Morgan fingerprint density at radius 1 is 0.600 bits per heavy atom. The first-order valence-corrected chi connectivity index (χ1v) is 13.3. The van der Waals surface area contributed by atoms with E-state index in [4.69, 9.17) is 6.57 Å². The number of hydrogen-bond acceptors (Lipinski definition) is 7. The monoisotopic (exact) mass is 684 g/mol. The smallest absolute Gasteiger partial charge is 0.406 e. The Labute approximate surface area is 275 Å². The van der Waals surface area contributed by atoms with E-state index < -0.39 is 103 Å². The number of hydrogen-bond donors (Lipinski definition) is 0. The first-order valence-electron chi connectivity index (χ1n) is 13.3. The Balaban J connectivity index is 2.16. The zero-order valence-corrected chi connectivity index (χ0v) is 24.1. The van der Waals surface area contributed by atoms with Gasteiger partial charge in [-0.1, -0.05) is 24.3 Å². The Morgan fingerprint density at radius 2 is 1.02 bits per heavy atom. The van der Waals surface area contributed by atoms with Gasteiger partial charge in [0.05, 0.1) is 23.8 Å². The molecule has 0 aromatic heterocycles. The topological polar surface area (TPSA) is 142 Å². The van der Waals surface area contributed by atoms with E-state index in [0.717, 1.165) is 48.5 Å². The van der Waals surface area contributed by atoms with Crippen LogP contribution in [0.4, 0.5) is 35.1 Å².